The van der Waals surface area contributed by atoms with E-state index in [1.807, 2.05) is 0 Å². The van der Waals surface area contributed by atoms with Crippen molar-refractivity contribution >= 4 is 24.5 Å². The summed E-state index contributed by atoms with van der Waals surface area (Å²) in [7, 11) is 0. The number of carboxylic acid groups (broad SMARTS) is 1. The van der Waals surface area contributed by atoms with Crippen LogP contribution in [-0.4, -0.2) is 28.8 Å². The SMILES string of the molecule is CC(=O)N[C@@H](C[S-])C(=O)O.[Ag+]. The molecule has 0 unspecified atom stereocenters. The first-order valence-electron chi connectivity index (χ1n) is 2.66. The van der Waals surface area contributed by atoms with Crippen LogP contribution in [0.3, 0.4) is 0 Å². The van der Waals surface area contributed by atoms with Gasteiger partial charge in [0, 0.05) is 6.92 Å². The van der Waals surface area contributed by atoms with Crippen LogP contribution in [0.4, 0.5) is 0 Å². The van der Waals surface area contributed by atoms with Crippen LogP contribution in [0, 0.1) is 0 Å². The summed E-state index contributed by atoms with van der Waals surface area (Å²) < 4.78 is 0. The maximum absolute atomic E-state index is 10.3. The zero-order valence-corrected chi connectivity index (χ0v) is 8.06. The molecule has 1 amide bonds. The number of hydrogen-bond acceptors (Lipinski definition) is 3. The molecule has 0 heterocycles. The Morgan fingerprint density at radius 1 is 1.64 bits per heavy atom. The molecular weight excluding hydrogens is 262 g/mol. The molecule has 6 heteroatoms. The van der Waals surface area contributed by atoms with Gasteiger partial charge < -0.3 is 23.1 Å². The topological polar surface area (TPSA) is 66.4 Å². The van der Waals surface area contributed by atoms with Crippen LogP contribution in [0.25, 0.3) is 0 Å². The Bertz CT molecular complexity index is 153. The molecule has 0 aliphatic rings. The molecule has 11 heavy (non-hydrogen) atoms. The molecule has 0 saturated carbocycles. The molecule has 0 fully saturated rings. The van der Waals surface area contributed by atoms with Gasteiger partial charge in [-0.15, -0.1) is 5.75 Å². The van der Waals surface area contributed by atoms with Crippen LogP contribution in [0.2, 0.25) is 0 Å². The molecule has 0 aliphatic heterocycles. The third-order valence-electron chi connectivity index (χ3n) is 0.842. The van der Waals surface area contributed by atoms with Gasteiger partial charge in [0.15, 0.2) is 0 Å². The minimum atomic E-state index is -1.09. The third kappa shape index (κ3) is 6.43. The van der Waals surface area contributed by atoms with Gasteiger partial charge in [0.2, 0.25) is 5.91 Å². The Morgan fingerprint density at radius 2 is 2.09 bits per heavy atom. The molecule has 0 aromatic rings. The summed E-state index contributed by atoms with van der Waals surface area (Å²) in [6, 6.07) is -0.924. The van der Waals surface area contributed by atoms with Gasteiger partial charge >= 0.3 is 28.3 Å². The fourth-order valence-electron chi connectivity index (χ4n) is 0.420. The quantitative estimate of drug-likeness (QED) is 0.516. The molecule has 0 aromatic heterocycles. The van der Waals surface area contributed by atoms with E-state index in [0.29, 0.717) is 0 Å². The predicted molar refractivity (Wildman–Crippen MR) is 37.5 cm³/mol. The van der Waals surface area contributed by atoms with Gasteiger partial charge in [0.1, 0.15) is 6.04 Å². The number of amides is 1. The van der Waals surface area contributed by atoms with Gasteiger partial charge in [0.05, 0.1) is 0 Å². The average molecular weight is 270 g/mol. The van der Waals surface area contributed by atoms with E-state index < -0.39 is 12.0 Å². The number of carbonyl (C=O) groups is 2. The smallest absolute Gasteiger partial charge is 0.790 e. The summed E-state index contributed by atoms with van der Waals surface area (Å²) in [6.07, 6.45) is 0. The van der Waals surface area contributed by atoms with E-state index in [2.05, 4.69) is 17.9 Å². The van der Waals surface area contributed by atoms with E-state index in [9.17, 15) is 9.59 Å². The molecule has 0 radical (unpaired) electrons. The molecule has 0 spiro atoms. The van der Waals surface area contributed by atoms with Crippen molar-refractivity contribution in [2.75, 3.05) is 5.75 Å². The van der Waals surface area contributed by atoms with Gasteiger partial charge in [-0.2, -0.15) is 0 Å². The van der Waals surface area contributed by atoms with Crippen molar-refractivity contribution in [3.05, 3.63) is 0 Å². The predicted octanol–water partition coefficient (Wildman–Crippen LogP) is -0.880. The summed E-state index contributed by atoms with van der Waals surface area (Å²) in [6.45, 7) is 1.25. The van der Waals surface area contributed by atoms with Crippen LogP contribution < -0.4 is 5.32 Å². The molecule has 1 atom stereocenters. The average Bonchev–Trinajstić information content (AvgIpc) is 1.81. The van der Waals surface area contributed by atoms with Crippen molar-refractivity contribution in [1.29, 1.82) is 0 Å². The van der Waals surface area contributed by atoms with E-state index in [1.165, 1.54) is 6.92 Å². The Balaban J connectivity index is 0. The van der Waals surface area contributed by atoms with Gasteiger partial charge in [-0.1, -0.05) is 0 Å². The molecule has 0 rings (SSSR count). The molecule has 2 N–H and O–H groups in total. The number of rotatable bonds is 3. The maximum atomic E-state index is 10.3. The Morgan fingerprint density at radius 3 is 2.18 bits per heavy atom. The number of carbonyl (C=O) groups excluding carboxylic acids is 1. The van der Waals surface area contributed by atoms with E-state index in [0.717, 1.165) is 0 Å². The van der Waals surface area contributed by atoms with Crippen LogP contribution in [0.15, 0.2) is 0 Å². The van der Waals surface area contributed by atoms with E-state index in [4.69, 9.17) is 5.11 Å². The molecular formula is C5H8AgNO3S. The van der Waals surface area contributed by atoms with E-state index in [1.54, 1.807) is 0 Å². The normalized spacial score (nSPS) is 11.1. The number of hydrogen-bond donors (Lipinski definition) is 2. The van der Waals surface area contributed by atoms with Gasteiger partial charge in [-0.25, -0.2) is 0 Å². The fourth-order valence-corrected chi connectivity index (χ4v) is 0.646. The monoisotopic (exact) mass is 269 g/mol. The Kier molecular flexibility index (Phi) is 8.32. The summed E-state index contributed by atoms with van der Waals surface area (Å²) in [5.41, 5.74) is 0. The second kappa shape index (κ2) is 6.72. The molecule has 0 aromatic carbocycles. The van der Waals surface area contributed by atoms with Gasteiger partial charge in [-0.05, 0) is 0 Å². The van der Waals surface area contributed by atoms with Crippen molar-refractivity contribution < 1.29 is 37.1 Å². The van der Waals surface area contributed by atoms with Crippen LogP contribution in [0.1, 0.15) is 6.92 Å². The second-order valence-corrected chi connectivity index (χ2v) is 2.09. The zero-order chi connectivity index (χ0) is 8.15. The second-order valence-electron chi connectivity index (χ2n) is 1.76. The van der Waals surface area contributed by atoms with Gasteiger partial charge in [0.25, 0.3) is 0 Å². The Hall–Kier alpha value is 0.0303. The van der Waals surface area contributed by atoms with E-state index >= 15 is 0 Å². The summed E-state index contributed by atoms with van der Waals surface area (Å²) in [4.78, 5) is 20.5. The number of nitrogens with one attached hydrogen (secondary N) is 1. The molecule has 68 valence electrons. The van der Waals surface area contributed by atoms with Crippen LogP contribution in [-0.2, 0) is 44.6 Å². The van der Waals surface area contributed by atoms with Crippen LogP contribution in [0.5, 0.6) is 0 Å². The number of carboxylic acids is 1. The number of aliphatic carboxylic acids is 1. The molecule has 0 saturated heterocycles. The summed E-state index contributed by atoms with van der Waals surface area (Å²) >= 11 is 4.47. The minimum Gasteiger partial charge on any atom is -0.790 e. The maximum Gasteiger partial charge on any atom is 1.00 e. The summed E-state index contributed by atoms with van der Waals surface area (Å²) in [5.74, 6) is -1.47. The minimum absolute atomic E-state index is 0. The van der Waals surface area contributed by atoms with Crippen molar-refractivity contribution in [1.82, 2.24) is 5.32 Å². The first-order valence-corrected chi connectivity index (χ1v) is 3.23. The van der Waals surface area contributed by atoms with Crippen molar-refractivity contribution in [3.8, 4) is 0 Å². The standard InChI is InChI=1S/C5H9NO3S.Ag/c1-3(7)6-4(2-10)5(8)9;/h4,10H,2H2,1H3,(H,6,7)(H,8,9);/q;+1/p-1/t4-;/m0./s1. The largest absolute Gasteiger partial charge is 1.00 e. The zero-order valence-electron chi connectivity index (χ0n) is 5.76. The third-order valence-corrected chi connectivity index (χ3v) is 1.18. The molecule has 0 aliphatic carbocycles. The van der Waals surface area contributed by atoms with Crippen LogP contribution >= 0.6 is 0 Å². The molecule has 0 bridgehead atoms. The first kappa shape index (κ1) is 13.6. The van der Waals surface area contributed by atoms with Crippen molar-refractivity contribution in [2.45, 2.75) is 13.0 Å². The first-order chi connectivity index (χ1) is 4.57. The van der Waals surface area contributed by atoms with Gasteiger partial charge in [-0.3, -0.25) is 9.59 Å². The van der Waals surface area contributed by atoms with Crippen molar-refractivity contribution in [3.63, 3.8) is 0 Å². The van der Waals surface area contributed by atoms with Crippen molar-refractivity contribution in [2.24, 2.45) is 0 Å². The Labute approximate surface area is 85.7 Å². The molecule has 4 nitrogen and oxygen atoms in total. The van der Waals surface area contributed by atoms with E-state index in [-0.39, 0.29) is 34.0 Å². The summed E-state index contributed by atoms with van der Waals surface area (Å²) in [5, 5.41) is 10.5. The fraction of sp³-hybridized carbons (Fsp3) is 0.600.